The summed E-state index contributed by atoms with van der Waals surface area (Å²) in [6, 6.07) is -0.536. The Labute approximate surface area is 141 Å². The third-order valence-corrected chi connectivity index (χ3v) is 4.76. The maximum atomic E-state index is 12.4. The fraction of sp³-hybridized carbons (Fsp3) is 0.812. The molecule has 0 radical (unpaired) electrons. The summed E-state index contributed by atoms with van der Waals surface area (Å²) < 4.78 is 16.4. The number of hydrogen-bond donors (Lipinski definition) is 2. The molecule has 3 heterocycles. The lowest BCUT2D eigenvalue weighted by Gasteiger charge is -2.29. The van der Waals surface area contributed by atoms with Gasteiger partial charge in [-0.05, 0) is 45.4 Å². The fourth-order valence-electron chi connectivity index (χ4n) is 3.31. The number of nitrogens with zero attached hydrogens (tertiary/aromatic N) is 2. The highest BCUT2D eigenvalue weighted by atomic mass is 16.5. The van der Waals surface area contributed by atoms with Gasteiger partial charge in [0.1, 0.15) is 6.04 Å². The molecule has 8 nitrogen and oxygen atoms in total. The third kappa shape index (κ3) is 4.24. The summed E-state index contributed by atoms with van der Waals surface area (Å²) in [4.78, 5) is 16.7. The van der Waals surface area contributed by atoms with Gasteiger partial charge in [0.2, 0.25) is 5.89 Å². The minimum absolute atomic E-state index is 0.225. The number of carbonyl (C=O) groups is 1. The highest BCUT2D eigenvalue weighted by Crippen LogP contribution is 2.29. The molecule has 0 aliphatic carbocycles. The van der Waals surface area contributed by atoms with E-state index in [9.17, 15) is 4.79 Å². The van der Waals surface area contributed by atoms with Crippen molar-refractivity contribution >= 4 is 6.03 Å². The van der Waals surface area contributed by atoms with Gasteiger partial charge in [-0.2, -0.15) is 4.98 Å². The van der Waals surface area contributed by atoms with Gasteiger partial charge >= 0.3 is 6.03 Å². The average Bonchev–Trinajstić information content (AvgIpc) is 3.21. The Bertz CT molecular complexity index is 550. The SMILES string of the molecule is Cc1noc([C@H](NC(=O)NC[C@@]2(C)CCCO2)C2CCOCC2)n1. The van der Waals surface area contributed by atoms with Crippen molar-refractivity contribution in [2.24, 2.45) is 5.92 Å². The van der Waals surface area contributed by atoms with Crippen LogP contribution in [0.5, 0.6) is 0 Å². The number of carbonyl (C=O) groups excluding carboxylic acids is 1. The standard InChI is InChI=1S/C16H26N4O4/c1-11-18-14(24-20-11)13(12-4-8-22-9-5-12)19-15(21)17-10-16(2)6-3-7-23-16/h12-13H,3-10H2,1-2H3,(H2,17,19,21)/t13-,16-/m1/s1. The zero-order chi connectivity index (χ0) is 17.0. The van der Waals surface area contributed by atoms with E-state index in [0.717, 1.165) is 32.3 Å². The molecule has 2 fully saturated rings. The van der Waals surface area contributed by atoms with Gasteiger partial charge in [0, 0.05) is 26.4 Å². The first-order valence-corrected chi connectivity index (χ1v) is 8.62. The maximum Gasteiger partial charge on any atom is 0.315 e. The van der Waals surface area contributed by atoms with Crippen LogP contribution in [-0.4, -0.2) is 48.1 Å². The normalized spacial score (nSPS) is 26.2. The predicted molar refractivity (Wildman–Crippen MR) is 85.4 cm³/mol. The Morgan fingerprint density at radius 3 is 2.79 bits per heavy atom. The van der Waals surface area contributed by atoms with Crippen molar-refractivity contribution in [2.45, 2.75) is 51.2 Å². The highest BCUT2D eigenvalue weighted by molar-refractivity contribution is 5.74. The number of aromatic nitrogens is 2. The van der Waals surface area contributed by atoms with Crippen LogP contribution in [0.1, 0.15) is 50.4 Å². The third-order valence-electron chi connectivity index (χ3n) is 4.76. The van der Waals surface area contributed by atoms with Gasteiger partial charge in [0.05, 0.1) is 5.60 Å². The van der Waals surface area contributed by atoms with Crippen molar-refractivity contribution in [3.05, 3.63) is 11.7 Å². The Balaban J connectivity index is 1.61. The molecule has 3 rings (SSSR count). The Morgan fingerprint density at radius 1 is 1.38 bits per heavy atom. The van der Waals surface area contributed by atoms with Crippen LogP contribution in [0.15, 0.2) is 4.52 Å². The summed E-state index contributed by atoms with van der Waals surface area (Å²) in [7, 11) is 0. The molecule has 24 heavy (non-hydrogen) atoms. The fourth-order valence-corrected chi connectivity index (χ4v) is 3.31. The number of rotatable bonds is 5. The Morgan fingerprint density at radius 2 is 2.17 bits per heavy atom. The molecule has 2 N–H and O–H groups in total. The quantitative estimate of drug-likeness (QED) is 0.848. The zero-order valence-electron chi connectivity index (χ0n) is 14.3. The second-order valence-electron chi connectivity index (χ2n) is 6.84. The molecule has 0 unspecified atom stereocenters. The molecule has 1 aromatic rings. The molecule has 0 aromatic carbocycles. The molecule has 2 atom stereocenters. The number of hydrogen-bond acceptors (Lipinski definition) is 6. The van der Waals surface area contributed by atoms with Gasteiger partial charge < -0.3 is 24.6 Å². The molecule has 2 saturated heterocycles. The Kier molecular flexibility index (Phi) is 5.35. The summed E-state index contributed by atoms with van der Waals surface area (Å²) >= 11 is 0. The van der Waals surface area contributed by atoms with Crippen LogP contribution in [-0.2, 0) is 9.47 Å². The van der Waals surface area contributed by atoms with Gasteiger partial charge in [-0.25, -0.2) is 4.79 Å². The van der Waals surface area contributed by atoms with E-state index in [4.69, 9.17) is 14.0 Å². The second-order valence-corrected chi connectivity index (χ2v) is 6.84. The largest absolute Gasteiger partial charge is 0.381 e. The van der Waals surface area contributed by atoms with Crippen LogP contribution in [0, 0.1) is 12.8 Å². The minimum Gasteiger partial charge on any atom is -0.381 e. The molecule has 0 saturated carbocycles. The van der Waals surface area contributed by atoms with Crippen molar-refractivity contribution < 1.29 is 18.8 Å². The molecular formula is C16H26N4O4. The van der Waals surface area contributed by atoms with Crippen LogP contribution in [0.25, 0.3) is 0 Å². The number of urea groups is 1. The minimum atomic E-state index is -0.299. The molecule has 8 heteroatoms. The van der Waals surface area contributed by atoms with Crippen molar-refractivity contribution in [3.8, 4) is 0 Å². The summed E-state index contributed by atoms with van der Waals surface area (Å²) in [6.07, 6.45) is 3.70. The van der Waals surface area contributed by atoms with E-state index in [1.165, 1.54) is 0 Å². The first-order valence-electron chi connectivity index (χ1n) is 8.62. The molecular weight excluding hydrogens is 312 g/mol. The van der Waals surface area contributed by atoms with Crippen molar-refractivity contribution in [1.82, 2.24) is 20.8 Å². The average molecular weight is 338 g/mol. The lowest BCUT2D eigenvalue weighted by molar-refractivity contribution is 0.0224. The smallest absolute Gasteiger partial charge is 0.315 e. The summed E-state index contributed by atoms with van der Waals surface area (Å²) in [6.45, 7) is 6.41. The Hall–Kier alpha value is -1.67. The van der Waals surface area contributed by atoms with E-state index in [2.05, 4.69) is 20.8 Å². The maximum absolute atomic E-state index is 12.4. The van der Waals surface area contributed by atoms with E-state index in [1.54, 1.807) is 6.92 Å². The van der Waals surface area contributed by atoms with E-state index in [-0.39, 0.29) is 23.6 Å². The van der Waals surface area contributed by atoms with Crippen LogP contribution in [0.3, 0.4) is 0 Å². The molecule has 134 valence electrons. The molecule has 2 amide bonds. The van der Waals surface area contributed by atoms with Crippen molar-refractivity contribution in [2.75, 3.05) is 26.4 Å². The van der Waals surface area contributed by atoms with Crippen molar-refractivity contribution in [3.63, 3.8) is 0 Å². The lowest BCUT2D eigenvalue weighted by Crippen LogP contribution is -2.47. The summed E-state index contributed by atoms with van der Waals surface area (Å²) in [5.74, 6) is 1.25. The van der Waals surface area contributed by atoms with Gasteiger partial charge in [0.25, 0.3) is 0 Å². The highest BCUT2D eigenvalue weighted by Gasteiger charge is 2.33. The van der Waals surface area contributed by atoms with Crippen LogP contribution < -0.4 is 10.6 Å². The molecule has 1 aromatic heterocycles. The number of ether oxygens (including phenoxy) is 2. The molecule has 0 bridgehead atoms. The summed E-state index contributed by atoms with van der Waals surface area (Å²) in [5, 5.41) is 9.77. The number of aryl methyl sites for hydroxylation is 1. The van der Waals surface area contributed by atoms with Crippen LogP contribution in [0.4, 0.5) is 4.79 Å². The molecule has 2 aliphatic heterocycles. The zero-order valence-corrected chi connectivity index (χ0v) is 14.3. The molecule has 0 spiro atoms. The van der Waals surface area contributed by atoms with E-state index in [1.807, 2.05) is 6.92 Å². The first kappa shape index (κ1) is 17.2. The topological polar surface area (TPSA) is 98.5 Å². The van der Waals surface area contributed by atoms with Crippen LogP contribution >= 0.6 is 0 Å². The monoisotopic (exact) mass is 338 g/mol. The number of amides is 2. The second kappa shape index (κ2) is 7.48. The van der Waals surface area contributed by atoms with E-state index < -0.39 is 0 Å². The predicted octanol–water partition coefficient (Wildman–Crippen LogP) is 1.71. The summed E-state index contributed by atoms with van der Waals surface area (Å²) in [5.41, 5.74) is -0.271. The van der Waals surface area contributed by atoms with Gasteiger partial charge in [-0.15, -0.1) is 0 Å². The van der Waals surface area contributed by atoms with Gasteiger partial charge in [-0.1, -0.05) is 5.16 Å². The van der Waals surface area contributed by atoms with Gasteiger partial charge in [-0.3, -0.25) is 0 Å². The lowest BCUT2D eigenvalue weighted by atomic mass is 9.91. The van der Waals surface area contributed by atoms with Crippen LogP contribution in [0.2, 0.25) is 0 Å². The molecule has 2 aliphatic rings. The van der Waals surface area contributed by atoms with E-state index in [0.29, 0.717) is 31.5 Å². The number of nitrogens with one attached hydrogen (secondary N) is 2. The van der Waals surface area contributed by atoms with Crippen molar-refractivity contribution in [1.29, 1.82) is 0 Å². The van der Waals surface area contributed by atoms with E-state index >= 15 is 0 Å². The van der Waals surface area contributed by atoms with Gasteiger partial charge in [0.15, 0.2) is 5.82 Å². The first-order chi connectivity index (χ1) is 11.6.